The van der Waals surface area contributed by atoms with Crippen LogP contribution in [-0.4, -0.2) is 32.8 Å². The Morgan fingerprint density at radius 2 is 2.00 bits per heavy atom. The van der Waals surface area contributed by atoms with Gasteiger partial charge in [0.1, 0.15) is 5.52 Å². The Morgan fingerprint density at radius 3 is 2.69 bits per heavy atom. The molecule has 0 radical (unpaired) electrons. The lowest BCUT2D eigenvalue weighted by Gasteiger charge is -2.15. The second kappa shape index (κ2) is 7.31. The number of nitrogens with zero attached hydrogens (tertiary/aromatic N) is 3. The zero-order valence-electron chi connectivity index (χ0n) is 17.0. The van der Waals surface area contributed by atoms with Crippen molar-refractivity contribution < 1.29 is 9.53 Å². The number of hydrogen-bond acceptors (Lipinski definition) is 5. The molecule has 0 aliphatic heterocycles. The summed E-state index contributed by atoms with van der Waals surface area (Å²) in [6, 6.07) is 7.53. The molecule has 0 atom stereocenters. The van der Waals surface area contributed by atoms with Gasteiger partial charge in [0, 0.05) is 29.6 Å². The Labute approximate surface area is 168 Å². The molecule has 7 heteroatoms. The maximum atomic E-state index is 13.2. The van der Waals surface area contributed by atoms with Gasteiger partial charge in [0.2, 0.25) is 0 Å². The monoisotopic (exact) mass is 392 g/mol. The Bertz CT molecular complexity index is 1160. The Morgan fingerprint density at radius 1 is 1.24 bits per heavy atom. The van der Waals surface area contributed by atoms with Crippen LogP contribution in [0, 0.1) is 6.92 Å². The number of nitrogens with one attached hydrogen (secondary N) is 1. The summed E-state index contributed by atoms with van der Waals surface area (Å²) in [5.74, 6) is 0.225. The van der Waals surface area contributed by atoms with Gasteiger partial charge in [-0.05, 0) is 62.9 Å². The van der Waals surface area contributed by atoms with Crippen molar-refractivity contribution in [2.75, 3.05) is 0 Å². The van der Waals surface area contributed by atoms with E-state index in [0.29, 0.717) is 22.5 Å². The van der Waals surface area contributed by atoms with Crippen LogP contribution in [0.1, 0.15) is 42.6 Å². The van der Waals surface area contributed by atoms with Gasteiger partial charge in [0.15, 0.2) is 0 Å². The van der Waals surface area contributed by atoms with E-state index < -0.39 is 0 Å². The highest BCUT2D eigenvalue weighted by Crippen LogP contribution is 2.28. The maximum Gasteiger partial charge on any atom is 0.258 e. The minimum Gasteiger partial charge on any atom is -0.472 e. The van der Waals surface area contributed by atoms with E-state index in [1.165, 1.54) is 4.57 Å². The number of fused-ring (bicyclic) bond motifs is 1. The molecule has 1 aromatic carbocycles. The van der Waals surface area contributed by atoms with Gasteiger partial charge in [-0.15, -0.1) is 5.10 Å². The van der Waals surface area contributed by atoms with E-state index >= 15 is 0 Å². The molecule has 4 rings (SSSR count). The first-order chi connectivity index (χ1) is 13.8. The topological polar surface area (TPSA) is 86.1 Å². The first kappa shape index (κ1) is 19.1. The number of benzene rings is 1. The molecule has 29 heavy (non-hydrogen) atoms. The fourth-order valence-corrected chi connectivity index (χ4v) is 3.36. The van der Waals surface area contributed by atoms with Crippen LogP contribution in [0.15, 0.2) is 35.3 Å². The molecule has 150 valence electrons. The molecule has 1 N–H and O–H groups in total. The molecular weight excluding hydrogens is 368 g/mol. The van der Waals surface area contributed by atoms with Crippen LogP contribution in [0.3, 0.4) is 0 Å². The van der Waals surface area contributed by atoms with E-state index in [9.17, 15) is 9.59 Å². The van der Waals surface area contributed by atoms with Crippen LogP contribution in [-0.2, 0) is 7.05 Å². The summed E-state index contributed by atoms with van der Waals surface area (Å²) in [4.78, 5) is 25.7. The van der Waals surface area contributed by atoms with Gasteiger partial charge in [-0.1, -0.05) is 6.07 Å². The average Bonchev–Trinajstić information content (AvgIpc) is 3.48. The number of aromatic nitrogens is 3. The first-order valence-electron chi connectivity index (χ1n) is 9.79. The van der Waals surface area contributed by atoms with E-state index in [0.717, 1.165) is 29.4 Å². The number of carbonyl (C=O) groups is 1. The van der Waals surface area contributed by atoms with Crippen LogP contribution in [0.5, 0.6) is 5.88 Å². The highest BCUT2D eigenvalue weighted by Gasteiger charge is 2.24. The lowest BCUT2D eigenvalue weighted by Crippen LogP contribution is -2.25. The van der Waals surface area contributed by atoms with E-state index in [-0.39, 0.29) is 23.6 Å². The van der Waals surface area contributed by atoms with Gasteiger partial charge in [-0.25, -0.2) is 0 Å². The van der Waals surface area contributed by atoms with Crippen LogP contribution < -0.4 is 15.6 Å². The first-order valence-corrected chi connectivity index (χ1v) is 9.79. The normalized spacial score (nSPS) is 13.7. The molecule has 0 unspecified atom stereocenters. The van der Waals surface area contributed by atoms with Crippen molar-refractivity contribution in [3.63, 3.8) is 0 Å². The number of ether oxygens (including phenoxy) is 1. The SMILES string of the molecule is Cc1ccc(C(=O)NC2CC2)cc1-c1cc2cnnc(OC(C)C)c2n(C)c1=O. The summed E-state index contributed by atoms with van der Waals surface area (Å²) in [5, 5.41) is 11.8. The predicted octanol–water partition coefficient (Wildman–Crippen LogP) is 2.98. The van der Waals surface area contributed by atoms with Crippen molar-refractivity contribution in [2.24, 2.45) is 7.05 Å². The van der Waals surface area contributed by atoms with Crippen molar-refractivity contribution in [2.45, 2.75) is 45.8 Å². The van der Waals surface area contributed by atoms with Gasteiger partial charge >= 0.3 is 0 Å². The third-order valence-corrected chi connectivity index (χ3v) is 5.04. The second-order valence-electron chi connectivity index (χ2n) is 7.82. The number of hydrogen-bond donors (Lipinski definition) is 1. The van der Waals surface area contributed by atoms with Crippen molar-refractivity contribution in [1.29, 1.82) is 0 Å². The largest absolute Gasteiger partial charge is 0.472 e. The fraction of sp³-hybridized carbons (Fsp3) is 0.364. The Kier molecular flexibility index (Phi) is 4.82. The second-order valence-corrected chi connectivity index (χ2v) is 7.82. The summed E-state index contributed by atoms with van der Waals surface area (Å²) < 4.78 is 7.27. The molecule has 0 saturated heterocycles. The minimum atomic E-state index is -0.179. The maximum absolute atomic E-state index is 13.2. The summed E-state index contributed by atoms with van der Waals surface area (Å²) in [7, 11) is 1.70. The zero-order chi connectivity index (χ0) is 20.7. The van der Waals surface area contributed by atoms with E-state index in [2.05, 4.69) is 15.5 Å². The minimum absolute atomic E-state index is 0.0893. The summed E-state index contributed by atoms with van der Waals surface area (Å²) >= 11 is 0. The molecule has 1 saturated carbocycles. The molecule has 1 aliphatic rings. The zero-order valence-corrected chi connectivity index (χ0v) is 17.0. The average molecular weight is 392 g/mol. The molecular formula is C22H24N4O3. The predicted molar refractivity (Wildman–Crippen MR) is 111 cm³/mol. The third kappa shape index (κ3) is 3.72. The highest BCUT2D eigenvalue weighted by atomic mass is 16.5. The Hall–Kier alpha value is -3.22. The van der Waals surface area contributed by atoms with Gasteiger partial charge in [-0.3, -0.25) is 9.59 Å². The summed E-state index contributed by atoms with van der Waals surface area (Å²) in [5.41, 5.74) is 3.15. The van der Waals surface area contributed by atoms with Crippen LogP contribution in [0.2, 0.25) is 0 Å². The molecule has 0 bridgehead atoms. The van der Waals surface area contributed by atoms with Gasteiger partial charge in [0.05, 0.1) is 12.3 Å². The van der Waals surface area contributed by atoms with Gasteiger partial charge in [0.25, 0.3) is 17.3 Å². The van der Waals surface area contributed by atoms with E-state index in [1.54, 1.807) is 31.4 Å². The molecule has 2 heterocycles. The van der Waals surface area contributed by atoms with Crippen molar-refractivity contribution in [3.8, 4) is 17.0 Å². The fourth-order valence-electron chi connectivity index (χ4n) is 3.36. The highest BCUT2D eigenvalue weighted by molar-refractivity contribution is 5.96. The molecule has 3 aromatic rings. The van der Waals surface area contributed by atoms with Gasteiger partial charge < -0.3 is 14.6 Å². The summed E-state index contributed by atoms with van der Waals surface area (Å²) in [6.45, 7) is 5.72. The standard InChI is InChI=1S/C22H24N4O3/c1-12(2)29-21-19-15(11-23-25-21)10-18(22(28)26(19)4)17-9-14(6-5-13(17)3)20(27)24-16-7-8-16/h5-6,9-12,16H,7-8H2,1-4H3,(H,24,27). The number of amides is 1. The molecule has 1 amide bonds. The van der Waals surface area contributed by atoms with Crippen molar-refractivity contribution in [3.05, 3.63) is 51.9 Å². The number of rotatable bonds is 5. The third-order valence-electron chi connectivity index (χ3n) is 5.04. The Balaban J connectivity index is 1.85. The number of pyridine rings is 1. The molecule has 0 spiro atoms. The number of aryl methyl sites for hydroxylation is 2. The van der Waals surface area contributed by atoms with E-state index in [1.807, 2.05) is 26.8 Å². The molecule has 1 fully saturated rings. The van der Waals surface area contributed by atoms with Crippen LogP contribution >= 0.6 is 0 Å². The van der Waals surface area contributed by atoms with Crippen LogP contribution in [0.25, 0.3) is 22.0 Å². The summed E-state index contributed by atoms with van der Waals surface area (Å²) in [6.07, 6.45) is 3.58. The molecule has 7 nitrogen and oxygen atoms in total. The van der Waals surface area contributed by atoms with Crippen molar-refractivity contribution in [1.82, 2.24) is 20.1 Å². The quantitative estimate of drug-likeness (QED) is 0.721. The molecule has 1 aliphatic carbocycles. The van der Waals surface area contributed by atoms with Gasteiger partial charge in [-0.2, -0.15) is 5.10 Å². The lowest BCUT2D eigenvalue weighted by molar-refractivity contribution is 0.0951. The smallest absolute Gasteiger partial charge is 0.258 e. The van der Waals surface area contributed by atoms with Crippen LogP contribution in [0.4, 0.5) is 0 Å². The molecule has 2 aromatic heterocycles. The van der Waals surface area contributed by atoms with E-state index in [4.69, 9.17) is 4.74 Å². The lowest BCUT2D eigenvalue weighted by atomic mass is 9.97. The van der Waals surface area contributed by atoms with Crippen molar-refractivity contribution >= 4 is 16.8 Å². The number of carbonyl (C=O) groups excluding carboxylic acids is 1.